The number of ether oxygens (including phenoxy) is 2. The lowest BCUT2D eigenvalue weighted by Gasteiger charge is -2.29. The zero-order chi connectivity index (χ0) is 8.65. The molecule has 0 bridgehead atoms. The summed E-state index contributed by atoms with van der Waals surface area (Å²) < 4.78 is 9.38. The molecular formula is C7H10O4. The van der Waals surface area contributed by atoms with Crippen LogP contribution >= 0.6 is 0 Å². The molecule has 0 aliphatic carbocycles. The molecule has 0 saturated carbocycles. The molecule has 0 aromatic rings. The van der Waals surface area contributed by atoms with E-state index in [2.05, 4.69) is 9.47 Å². The molecule has 1 rings (SSSR count). The lowest BCUT2D eigenvalue weighted by molar-refractivity contribution is -0.216. The van der Waals surface area contributed by atoms with E-state index in [0.717, 1.165) is 0 Å². The average Bonchev–Trinajstić information content (AvgIpc) is 1.84. The van der Waals surface area contributed by atoms with Gasteiger partial charge in [0, 0.05) is 6.92 Å². The second kappa shape index (κ2) is 2.22. The molecule has 1 fully saturated rings. The second-order valence-corrected chi connectivity index (χ2v) is 3.00. The molecule has 0 atom stereocenters. The van der Waals surface area contributed by atoms with Gasteiger partial charge < -0.3 is 9.47 Å². The van der Waals surface area contributed by atoms with Crippen molar-refractivity contribution in [1.82, 2.24) is 0 Å². The van der Waals surface area contributed by atoms with E-state index in [1.807, 2.05) is 0 Å². The minimum Gasteiger partial charge on any atom is -0.425 e. The Bertz CT molecular complexity index is 186. The Labute approximate surface area is 64.5 Å². The molecule has 1 saturated heterocycles. The maximum atomic E-state index is 11.0. The van der Waals surface area contributed by atoms with Crippen LogP contribution in [0.2, 0.25) is 0 Å². The summed E-state index contributed by atoms with van der Waals surface area (Å²) in [5, 5.41) is 0. The summed E-state index contributed by atoms with van der Waals surface area (Å²) in [7, 11) is 0. The van der Waals surface area contributed by atoms with Crippen molar-refractivity contribution in [2.45, 2.75) is 27.1 Å². The molecule has 4 nitrogen and oxygen atoms in total. The molecular weight excluding hydrogens is 148 g/mol. The van der Waals surface area contributed by atoms with E-state index in [1.54, 1.807) is 0 Å². The first-order valence-corrected chi connectivity index (χ1v) is 3.37. The number of hydrogen-bond acceptors (Lipinski definition) is 4. The fourth-order valence-electron chi connectivity index (χ4n) is 0.703. The van der Waals surface area contributed by atoms with E-state index in [0.29, 0.717) is 0 Å². The molecule has 1 aliphatic heterocycles. The lowest BCUT2D eigenvalue weighted by Crippen LogP contribution is -2.45. The fourth-order valence-corrected chi connectivity index (χ4v) is 0.703. The van der Waals surface area contributed by atoms with Crippen molar-refractivity contribution < 1.29 is 19.1 Å². The van der Waals surface area contributed by atoms with Crippen molar-refractivity contribution in [1.29, 1.82) is 0 Å². The molecule has 0 N–H and O–H groups in total. The summed E-state index contributed by atoms with van der Waals surface area (Å²) in [5.74, 6) is -1.05. The van der Waals surface area contributed by atoms with Crippen molar-refractivity contribution in [3.63, 3.8) is 0 Å². The third-order valence-corrected chi connectivity index (χ3v) is 1.57. The number of carbonyl (C=O) groups is 2. The predicted octanol–water partition coefficient (Wildman–Crippen LogP) is 0.459. The standard InChI is InChI=1S/C7H10O4/c1-4-10-5(8)7(2,3)6(9)11-4/h4H,1-3H3. The van der Waals surface area contributed by atoms with Gasteiger partial charge in [0.15, 0.2) is 5.41 Å². The second-order valence-electron chi connectivity index (χ2n) is 3.00. The van der Waals surface area contributed by atoms with Gasteiger partial charge in [0.25, 0.3) is 0 Å². The monoisotopic (exact) mass is 158 g/mol. The van der Waals surface area contributed by atoms with Gasteiger partial charge in [-0.2, -0.15) is 0 Å². The highest BCUT2D eigenvalue weighted by molar-refractivity contribution is 6.00. The first-order chi connectivity index (χ1) is 4.94. The van der Waals surface area contributed by atoms with Crippen molar-refractivity contribution in [2.24, 2.45) is 5.41 Å². The number of cyclic esters (lactones) is 2. The van der Waals surface area contributed by atoms with E-state index in [-0.39, 0.29) is 0 Å². The van der Waals surface area contributed by atoms with Gasteiger partial charge in [0.2, 0.25) is 6.29 Å². The number of hydrogen-bond donors (Lipinski definition) is 0. The molecule has 0 amide bonds. The smallest absolute Gasteiger partial charge is 0.325 e. The van der Waals surface area contributed by atoms with Crippen LogP contribution in [0.25, 0.3) is 0 Å². The molecule has 0 spiro atoms. The summed E-state index contributed by atoms with van der Waals surface area (Å²) >= 11 is 0. The normalized spacial score (nSPS) is 24.3. The van der Waals surface area contributed by atoms with E-state index in [1.165, 1.54) is 20.8 Å². The van der Waals surface area contributed by atoms with Gasteiger partial charge in [-0.25, -0.2) is 0 Å². The summed E-state index contributed by atoms with van der Waals surface area (Å²) in [5.41, 5.74) is -1.15. The molecule has 1 aliphatic rings. The Hall–Kier alpha value is -1.06. The van der Waals surface area contributed by atoms with Crippen LogP contribution in [0.15, 0.2) is 0 Å². The van der Waals surface area contributed by atoms with Crippen LogP contribution in [0.1, 0.15) is 20.8 Å². The van der Waals surface area contributed by atoms with Crippen molar-refractivity contribution in [2.75, 3.05) is 0 Å². The van der Waals surface area contributed by atoms with Gasteiger partial charge in [-0.3, -0.25) is 9.59 Å². The Balaban J connectivity index is 2.84. The predicted molar refractivity (Wildman–Crippen MR) is 35.4 cm³/mol. The minimum absolute atomic E-state index is 0.527. The van der Waals surface area contributed by atoms with E-state index in [9.17, 15) is 9.59 Å². The number of rotatable bonds is 0. The van der Waals surface area contributed by atoms with Crippen LogP contribution in [-0.2, 0) is 19.1 Å². The third kappa shape index (κ3) is 1.20. The summed E-state index contributed by atoms with van der Waals surface area (Å²) in [6.45, 7) is 4.46. The molecule has 0 unspecified atom stereocenters. The van der Waals surface area contributed by atoms with Crippen LogP contribution in [0.3, 0.4) is 0 Å². The highest BCUT2D eigenvalue weighted by atomic mass is 16.7. The average molecular weight is 158 g/mol. The fraction of sp³-hybridized carbons (Fsp3) is 0.714. The highest BCUT2D eigenvalue weighted by Gasteiger charge is 2.45. The van der Waals surface area contributed by atoms with Crippen LogP contribution in [0.5, 0.6) is 0 Å². The van der Waals surface area contributed by atoms with Crippen molar-refractivity contribution in [3.05, 3.63) is 0 Å². The SMILES string of the molecule is CC1OC(=O)C(C)(C)C(=O)O1. The molecule has 4 heteroatoms. The van der Waals surface area contributed by atoms with Crippen molar-refractivity contribution in [3.8, 4) is 0 Å². The molecule has 0 radical (unpaired) electrons. The first-order valence-electron chi connectivity index (χ1n) is 3.37. The Kier molecular flexibility index (Phi) is 1.62. The van der Waals surface area contributed by atoms with Crippen LogP contribution < -0.4 is 0 Å². The van der Waals surface area contributed by atoms with E-state index in [4.69, 9.17) is 0 Å². The minimum atomic E-state index is -1.15. The van der Waals surface area contributed by atoms with Gasteiger partial charge in [-0.15, -0.1) is 0 Å². The Morgan fingerprint density at radius 2 is 1.55 bits per heavy atom. The number of carbonyl (C=O) groups excluding carboxylic acids is 2. The molecule has 0 aromatic heterocycles. The van der Waals surface area contributed by atoms with Gasteiger partial charge >= 0.3 is 11.9 Å². The van der Waals surface area contributed by atoms with Gasteiger partial charge in [0.1, 0.15) is 0 Å². The van der Waals surface area contributed by atoms with Gasteiger partial charge in [0.05, 0.1) is 0 Å². The molecule has 0 aromatic carbocycles. The Morgan fingerprint density at radius 3 is 1.91 bits per heavy atom. The third-order valence-electron chi connectivity index (χ3n) is 1.57. The van der Waals surface area contributed by atoms with E-state index < -0.39 is 23.6 Å². The topological polar surface area (TPSA) is 52.6 Å². The van der Waals surface area contributed by atoms with E-state index >= 15 is 0 Å². The lowest BCUT2D eigenvalue weighted by atomic mass is 9.93. The van der Waals surface area contributed by atoms with Crippen LogP contribution in [0.4, 0.5) is 0 Å². The zero-order valence-corrected chi connectivity index (χ0v) is 6.71. The maximum absolute atomic E-state index is 11.0. The summed E-state index contributed by atoms with van der Waals surface area (Å²) in [6.07, 6.45) is -0.747. The zero-order valence-electron chi connectivity index (χ0n) is 6.71. The highest BCUT2D eigenvalue weighted by Crippen LogP contribution is 2.25. The van der Waals surface area contributed by atoms with Gasteiger partial charge in [-0.1, -0.05) is 0 Å². The summed E-state index contributed by atoms with van der Waals surface area (Å²) in [6, 6.07) is 0. The molecule has 1 heterocycles. The Morgan fingerprint density at radius 1 is 1.18 bits per heavy atom. The van der Waals surface area contributed by atoms with Crippen LogP contribution in [0, 0.1) is 5.41 Å². The number of esters is 2. The quantitative estimate of drug-likeness (QED) is 0.379. The molecule has 62 valence electrons. The first kappa shape index (κ1) is 8.04. The molecule has 11 heavy (non-hydrogen) atoms. The maximum Gasteiger partial charge on any atom is 0.325 e. The van der Waals surface area contributed by atoms with Gasteiger partial charge in [-0.05, 0) is 13.8 Å². The summed E-state index contributed by atoms with van der Waals surface area (Å²) in [4.78, 5) is 22.0. The largest absolute Gasteiger partial charge is 0.425 e. The van der Waals surface area contributed by atoms with Crippen molar-refractivity contribution >= 4 is 11.9 Å². The van der Waals surface area contributed by atoms with Crippen LogP contribution in [-0.4, -0.2) is 18.2 Å².